The van der Waals surface area contributed by atoms with Gasteiger partial charge >= 0.3 is 0 Å². The smallest absolute Gasteiger partial charge is 0.261 e. The van der Waals surface area contributed by atoms with Gasteiger partial charge in [0.2, 0.25) is 0 Å². The Balaban J connectivity index is 2.13. The van der Waals surface area contributed by atoms with Crippen LogP contribution in [0, 0.1) is 0 Å². The zero-order valence-electron chi connectivity index (χ0n) is 10.3. The van der Waals surface area contributed by atoms with Crippen molar-refractivity contribution in [3.05, 3.63) is 24.3 Å². The van der Waals surface area contributed by atoms with Crippen LogP contribution in [0.5, 0.6) is 5.75 Å². The summed E-state index contributed by atoms with van der Waals surface area (Å²) in [7, 11) is 0. The van der Waals surface area contributed by atoms with E-state index in [9.17, 15) is 13.6 Å². The third-order valence-electron chi connectivity index (χ3n) is 2.09. The highest BCUT2D eigenvalue weighted by molar-refractivity contribution is 5.77. The van der Waals surface area contributed by atoms with Crippen LogP contribution in [0.15, 0.2) is 24.3 Å². The summed E-state index contributed by atoms with van der Waals surface area (Å²) < 4.78 is 33.2. The molecule has 0 saturated carbocycles. The fraction of sp³-hybridized carbons (Fsp3) is 0.417. The van der Waals surface area contributed by atoms with Gasteiger partial charge in [0.25, 0.3) is 12.3 Å². The fourth-order valence-corrected chi connectivity index (χ4v) is 1.24. The van der Waals surface area contributed by atoms with Crippen LogP contribution in [0.25, 0.3) is 0 Å². The molecule has 0 radical (unpaired) electrons. The second-order valence-electron chi connectivity index (χ2n) is 3.64. The molecular weight excluding hydrogens is 258 g/mol. The third kappa shape index (κ3) is 6.56. The Hall–Kier alpha value is -1.89. The van der Waals surface area contributed by atoms with Gasteiger partial charge in [0, 0.05) is 6.54 Å². The molecule has 0 spiro atoms. The van der Waals surface area contributed by atoms with E-state index in [0.29, 0.717) is 11.4 Å². The molecular formula is C12H16F2N2O3. The van der Waals surface area contributed by atoms with Gasteiger partial charge in [0.15, 0.2) is 6.61 Å². The van der Waals surface area contributed by atoms with Gasteiger partial charge < -0.3 is 20.5 Å². The lowest BCUT2D eigenvalue weighted by Crippen LogP contribution is -2.32. The Labute approximate surface area is 109 Å². The molecule has 106 valence electrons. The van der Waals surface area contributed by atoms with Gasteiger partial charge in [-0.1, -0.05) is 12.1 Å². The molecule has 5 nitrogen and oxygen atoms in total. The molecule has 0 heterocycles. The summed E-state index contributed by atoms with van der Waals surface area (Å²) in [6, 6.07) is 6.80. The van der Waals surface area contributed by atoms with Crippen LogP contribution in [0.2, 0.25) is 0 Å². The standard InChI is InChI=1S/C12H16F2N2O3/c13-11(14)7-18-6-5-16-12(17)8-19-10-4-2-1-3-9(10)15/h1-4,11H,5-8,15H2,(H,16,17). The number of ether oxygens (including phenoxy) is 2. The molecule has 0 saturated heterocycles. The Morgan fingerprint density at radius 3 is 2.79 bits per heavy atom. The van der Waals surface area contributed by atoms with Crippen LogP contribution >= 0.6 is 0 Å². The fourth-order valence-electron chi connectivity index (χ4n) is 1.24. The Morgan fingerprint density at radius 2 is 2.11 bits per heavy atom. The maximum Gasteiger partial charge on any atom is 0.261 e. The zero-order chi connectivity index (χ0) is 14.1. The number of hydrogen-bond acceptors (Lipinski definition) is 4. The van der Waals surface area contributed by atoms with Gasteiger partial charge in [0.1, 0.15) is 12.4 Å². The SMILES string of the molecule is Nc1ccccc1OCC(=O)NCCOCC(F)F. The van der Waals surface area contributed by atoms with Gasteiger partial charge in [-0.25, -0.2) is 8.78 Å². The monoisotopic (exact) mass is 274 g/mol. The number of amides is 1. The topological polar surface area (TPSA) is 73.6 Å². The van der Waals surface area contributed by atoms with Crippen molar-refractivity contribution in [3.63, 3.8) is 0 Å². The Morgan fingerprint density at radius 1 is 1.37 bits per heavy atom. The molecule has 0 atom stereocenters. The van der Waals surface area contributed by atoms with E-state index in [2.05, 4.69) is 10.1 Å². The minimum Gasteiger partial charge on any atom is -0.482 e. The number of carbonyl (C=O) groups excluding carboxylic acids is 1. The third-order valence-corrected chi connectivity index (χ3v) is 2.09. The zero-order valence-corrected chi connectivity index (χ0v) is 10.3. The average Bonchev–Trinajstić information content (AvgIpc) is 2.37. The predicted octanol–water partition coefficient (Wildman–Crippen LogP) is 1.05. The van der Waals surface area contributed by atoms with E-state index in [0.717, 1.165) is 0 Å². The lowest BCUT2D eigenvalue weighted by molar-refractivity contribution is -0.123. The van der Waals surface area contributed by atoms with E-state index in [1.165, 1.54) is 0 Å². The van der Waals surface area contributed by atoms with Crippen molar-refractivity contribution in [2.75, 3.05) is 32.1 Å². The van der Waals surface area contributed by atoms with Crippen LogP contribution < -0.4 is 15.8 Å². The highest BCUT2D eigenvalue weighted by Gasteiger charge is 2.05. The number of nitrogens with two attached hydrogens (primary N) is 1. The van der Waals surface area contributed by atoms with Crippen molar-refractivity contribution >= 4 is 11.6 Å². The van der Waals surface area contributed by atoms with E-state index >= 15 is 0 Å². The van der Waals surface area contributed by atoms with Crippen LogP contribution in [0.3, 0.4) is 0 Å². The number of carbonyl (C=O) groups is 1. The quantitative estimate of drug-likeness (QED) is 0.549. The number of halogens is 2. The number of rotatable bonds is 8. The first-order valence-corrected chi connectivity index (χ1v) is 5.69. The van der Waals surface area contributed by atoms with Gasteiger partial charge in [-0.15, -0.1) is 0 Å². The van der Waals surface area contributed by atoms with Crippen LogP contribution in [-0.2, 0) is 9.53 Å². The van der Waals surface area contributed by atoms with Gasteiger partial charge in [-0.2, -0.15) is 0 Å². The number of para-hydroxylation sites is 2. The van der Waals surface area contributed by atoms with E-state index in [1.807, 2.05) is 0 Å². The minimum absolute atomic E-state index is 0.0313. The molecule has 1 amide bonds. The van der Waals surface area contributed by atoms with E-state index in [4.69, 9.17) is 10.5 Å². The summed E-state index contributed by atoms with van der Waals surface area (Å²) in [6.45, 7) is -0.640. The molecule has 0 aromatic heterocycles. The molecule has 0 bridgehead atoms. The lowest BCUT2D eigenvalue weighted by atomic mass is 10.3. The average molecular weight is 274 g/mol. The van der Waals surface area contributed by atoms with Crippen LogP contribution in [0.4, 0.5) is 14.5 Å². The van der Waals surface area contributed by atoms with E-state index < -0.39 is 13.0 Å². The second kappa shape index (κ2) is 8.25. The number of benzene rings is 1. The molecule has 0 unspecified atom stereocenters. The summed E-state index contributed by atoms with van der Waals surface area (Å²) in [6.07, 6.45) is -2.50. The molecule has 0 aliphatic rings. The molecule has 0 aliphatic heterocycles. The molecule has 1 aromatic carbocycles. The molecule has 3 N–H and O–H groups in total. The summed E-state index contributed by atoms with van der Waals surface area (Å²) >= 11 is 0. The first-order chi connectivity index (χ1) is 9.09. The van der Waals surface area contributed by atoms with Gasteiger partial charge in [-0.3, -0.25) is 4.79 Å². The normalized spacial score (nSPS) is 10.5. The maximum absolute atomic E-state index is 11.7. The second-order valence-corrected chi connectivity index (χ2v) is 3.64. The molecule has 0 aliphatic carbocycles. The predicted molar refractivity (Wildman–Crippen MR) is 66.2 cm³/mol. The maximum atomic E-state index is 11.7. The van der Waals surface area contributed by atoms with E-state index in [-0.39, 0.29) is 25.7 Å². The van der Waals surface area contributed by atoms with Crippen molar-refractivity contribution in [1.29, 1.82) is 0 Å². The first kappa shape index (κ1) is 15.2. The Kier molecular flexibility index (Phi) is 6.59. The van der Waals surface area contributed by atoms with Gasteiger partial charge in [0.05, 0.1) is 12.3 Å². The minimum atomic E-state index is -2.50. The summed E-state index contributed by atoms with van der Waals surface area (Å²) in [5.74, 6) is 0.0514. The summed E-state index contributed by atoms with van der Waals surface area (Å²) in [5.41, 5.74) is 6.07. The van der Waals surface area contributed by atoms with Crippen molar-refractivity contribution < 1.29 is 23.0 Å². The number of alkyl halides is 2. The molecule has 1 rings (SSSR count). The van der Waals surface area contributed by atoms with Crippen molar-refractivity contribution in [2.45, 2.75) is 6.43 Å². The van der Waals surface area contributed by atoms with Crippen LogP contribution in [-0.4, -0.2) is 38.7 Å². The highest BCUT2D eigenvalue weighted by atomic mass is 19.3. The summed E-state index contributed by atoms with van der Waals surface area (Å²) in [4.78, 5) is 11.3. The molecule has 19 heavy (non-hydrogen) atoms. The largest absolute Gasteiger partial charge is 0.482 e. The highest BCUT2D eigenvalue weighted by Crippen LogP contribution is 2.19. The lowest BCUT2D eigenvalue weighted by Gasteiger charge is -2.09. The molecule has 0 fully saturated rings. The molecule has 7 heteroatoms. The number of nitrogen functional groups attached to an aromatic ring is 1. The van der Waals surface area contributed by atoms with Crippen molar-refractivity contribution in [2.24, 2.45) is 0 Å². The number of anilines is 1. The van der Waals surface area contributed by atoms with Crippen molar-refractivity contribution in [1.82, 2.24) is 5.32 Å². The Bertz CT molecular complexity index is 402. The number of hydrogen-bond donors (Lipinski definition) is 2. The van der Waals surface area contributed by atoms with Gasteiger partial charge in [-0.05, 0) is 12.1 Å². The number of nitrogens with one attached hydrogen (secondary N) is 1. The first-order valence-electron chi connectivity index (χ1n) is 5.69. The summed E-state index contributed by atoms with van der Waals surface area (Å²) in [5, 5.41) is 2.47. The van der Waals surface area contributed by atoms with Crippen LogP contribution in [0.1, 0.15) is 0 Å². The molecule has 1 aromatic rings. The van der Waals surface area contributed by atoms with E-state index in [1.54, 1.807) is 24.3 Å². The van der Waals surface area contributed by atoms with Crippen molar-refractivity contribution in [3.8, 4) is 5.75 Å².